The van der Waals surface area contributed by atoms with Crippen LogP contribution in [-0.2, 0) is 0 Å². The molecule has 2 N–H and O–H groups in total. The molecule has 5 heteroatoms. The SMILES string of the molecule is CC(C)N(CCC#N)C(CN)c1ccc(Cl)s1. The van der Waals surface area contributed by atoms with Crippen LogP contribution in [-0.4, -0.2) is 24.0 Å². The van der Waals surface area contributed by atoms with Crippen molar-refractivity contribution in [1.29, 1.82) is 5.26 Å². The van der Waals surface area contributed by atoms with E-state index in [1.54, 1.807) is 11.3 Å². The van der Waals surface area contributed by atoms with Crippen LogP contribution >= 0.6 is 22.9 Å². The van der Waals surface area contributed by atoms with Crippen molar-refractivity contribution in [2.75, 3.05) is 13.1 Å². The number of thiophene rings is 1. The highest BCUT2D eigenvalue weighted by molar-refractivity contribution is 7.16. The fourth-order valence-electron chi connectivity index (χ4n) is 1.88. The second-order valence-corrected chi connectivity index (χ2v) is 5.88. The third-order valence-electron chi connectivity index (χ3n) is 2.69. The quantitative estimate of drug-likeness (QED) is 0.865. The van der Waals surface area contributed by atoms with Gasteiger partial charge >= 0.3 is 0 Å². The predicted molar refractivity (Wildman–Crippen MR) is 73.2 cm³/mol. The molecule has 0 fully saturated rings. The van der Waals surface area contributed by atoms with Crippen LogP contribution in [0.2, 0.25) is 4.34 Å². The molecule has 0 spiro atoms. The molecule has 17 heavy (non-hydrogen) atoms. The van der Waals surface area contributed by atoms with Gasteiger partial charge in [0.2, 0.25) is 0 Å². The zero-order valence-corrected chi connectivity index (χ0v) is 11.8. The van der Waals surface area contributed by atoms with Gasteiger partial charge in [-0.3, -0.25) is 4.90 Å². The highest BCUT2D eigenvalue weighted by Gasteiger charge is 2.22. The fourth-order valence-corrected chi connectivity index (χ4v) is 3.07. The molecule has 94 valence electrons. The number of nitrogens with zero attached hydrogens (tertiary/aromatic N) is 2. The monoisotopic (exact) mass is 271 g/mol. The van der Waals surface area contributed by atoms with E-state index in [0.717, 1.165) is 10.9 Å². The molecular weight excluding hydrogens is 254 g/mol. The first-order valence-electron chi connectivity index (χ1n) is 5.68. The molecule has 1 aromatic rings. The molecule has 0 aliphatic heterocycles. The second-order valence-electron chi connectivity index (χ2n) is 4.13. The summed E-state index contributed by atoms with van der Waals surface area (Å²) in [5.41, 5.74) is 5.86. The topological polar surface area (TPSA) is 53.0 Å². The van der Waals surface area contributed by atoms with Crippen LogP contribution in [0.1, 0.15) is 31.2 Å². The van der Waals surface area contributed by atoms with E-state index in [2.05, 4.69) is 24.8 Å². The zero-order valence-electron chi connectivity index (χ0n) is 10.2. The first-order valence-corrected chi connectivity index (χ1v) is 6.87. The summed E-state index contributed by atoms with van der Waals surface area (Å²) in [4.78, 5) is 3.43. The van der Waals surface area contributed by atoms with E-state index in [9.17, 15) is 0 Å². The summed E-state index contributed by atoms with van der Waals surface area (Å²) in [6.07, 6.45) is 0.522. The Morgan fingerprint density at radius 1 is 1.53 bits per heavy atom. The van der Waals surface area contributed by atoms with E-state index in [1.165, 1.54) is 4.88 Å². The van der Waals surface area contributed by atoms with E-state index in [-0.39, 0.29) is 6.04 Å². The maximum Gasteiger partial charge on any atom is 0.0931 e. The van der Waals surface area contributed by atoms with E-state index < -0.39 is 0 Å². The van der Waals surface area contributed by atoms with Gasteiger partial charge in [-0.05, 0) is 26.0 Å². The van der Waals surface area contributed by atoms with Gasteiger partial charge in [-0.15, -0.1) is 11.3 Å². The molecular formula is C12H18ClN3S. The lowest BCUT2D eigenvalue weighted by Gasteiger charge is -2.33. The van der Waals surface area contributed by atoms with Crippen LogP contribution in [0.5, 0.6) is 0 Å². The molecule has 0 radical (unpaired) electrons. The Morgan fingerprint density at radius 3 is 2.65 bits per heavy atom. The molecule has 0 saturated carbocycles. The summed E-state index contributed by atoms with van der Waals surface area (Å²) in [7, 11) is 0. The Kier molecular flexibility index (Phi) is 5.93. The summed E-state index contributed by atoms with van der Waals surface area (Å²) >= 11 is 7.52. The Balaban J connectivity index is 2.85. The molecule has 3 nitrogen and oxygen atoms in total. The van der Waals surface area contributed by atoms with E-state index in [1.807, 2.05) is 12.1 Å². The van der Waals surface area contributed by atoms with E-state index >= 15 is 0 Å². The minimum absolute atomic E-state index is 0.154. The van der Waals surface area contributed by atoms with Crippen LogP contribution in [0.25, 0.3) is 0 Å². The van der Waals surface area contributed by atoms with Crippen LogP contribution in [0.3, 0.4) is 0 Å². The molecule has 0 aliphatic carbocycles. The van der Waals surface area contributed by atoms with Crippen molar-refractivity contribution in [3.63, 3.8) is 0 Å². The van der Waals surface area contributed by atoms with E-state index in [0.29, 0.717) is 19.0 Å². The van der Waals surface area contributed by atoms with Crippen LogP contribution in [0, 0.1) is 11.3 Å². The lowest BCUT2D eigenvalue weighted by atomic mass is 10.1. The normalized spacial score (nSPS) is 13.0. The molecule has 0 bridgehead atoms. The van der Waals surface area contributed by atoms with Crippen LogP contribution < -0.4 is 5.73 Å². The third-order valence-corrected chi connectivity index (χ3v) is 4.02. The van der Waals surface area contributed by atoms with Gasteiger partial charge in [0.25, 0.3) is 0 Å². The summed E-state index contributed by atoms with van der Waals surface area (Å²) in [6.45, 7) is 5.52. The number of nitrogens with two attached hydrogens (primary N) is 1. The van der Waals surface area contributed by atoms with Crippen molar-refractivity contribution in [3.8, 4) is 6.07 Å². The third kappa shape index (κ3) is 3.97. The molecule has 1 unspecified atom stereocenters. The predicted octanol–water partition coefficient (Wildman–Crippen LogP) is 3.03. The molecule has 0 aliphatic rings. The Morgan fingerprint density at radius 2 is 2.24 bits per heavy atom. The number of halogens is 1. The molecule has 1 heterocycles. The van der Waals surface area contributed by atoms with Gasteiger partial charge in [0.05, 0.1) is 16.4 Å². The van der Waals surface area contributed by atoms with Crippen molar-refractivity contribution in [2.45, 2.75) is 32.4 Å². The largest absolute Gasteiger partial charge is 0.329 e. The van der Waals surface area contributed by atoms with Gasteiger partial charge in [-0.1, -0.05) is 11.6 Å². The maximum atomic E-state index is 8.70. The van der Waals surface area contributed by atoms with Gasteiger partial charge in [-0.2, -0.15) is 5.26 Å². The molecule has 1 rings (SSSR count). The highest BCUT2D eigenvalue weighted by Crippen LogP contribution is 2.31. The minimum atomic E-state index is 0.154. The van der Waals surface area contributed by atoms with Gasteiger partial charge < -0.3 is 5.73 Å². The van der Waals surface area contributed by atoms with Gasteiger partial charge in [0.1, 0.15) is 0 Å². The first kappa shape index (κ1) is 14.5. The van der Waals surface area contributed by atoms with E-state index in [4.69, 9.17) is 22.6 Å². The zero-order chi connectivity index (χ0) is 12.8. The summed E-state index contributed by atoms with van der Waals surface area (Å²) in [6, 6.07) is 6.61. The van der Waals surface area contributed by atoms with Crippen molar-refractivity contribution in [3.05, 3.63) is 21.3 Å². The maximum absolute atomic E-state index is 8.70. The van der Waals surface area contributed by atoms with Gasteiger partial charge in [0, 0.05) is 30.4 Å². The van der Waals surface area contributed by atoms with Crippen molar-refractivity contribution < 1.29 is 0 Å². The summed E-state index contributed by atoms with van der Waals surface area (Å²) in [5, 5.41) is 8.70. The summed E-state index contributed by atoms with van der Waals surface area (Å²) in [5.74, 6) is 0. The minimum Gasteiger partial charge on any atom is -0.329 e. The number of hydrogen-bond acceptors (Lipinski definition) is 4. The molecule has 0 saturated heterocycles. The standard InChI is InChI=1S/C12H18ClN3S/c1-9(2)16(7-3-6-14)10(8-15)11-4-5-12(13)17-11/h4-5,9-10H,3,7-8,15H2,1-2H3. The van der Waals surface area contributed by atoms with Crippen molar-refractivity contribution in [1.82, 2.24) is 4.90 Å². The number of hydrogen-bond donors (Lipinski definition) is 1. The average Bonchev–Trinajstić information content (AvgIpc) is 2.70. The lowest BCUT2D eigenvalue weighted by Crippen LogP contribution is -2.38. The molecule has 0 amide bonds. The Labute approximate surface area is 112 Å². The van der Waals surface area contributed by atoms with Crippen LogP contribution in [0.15, 0.2) is 12.1 Å². The average molecular weight is 272 g/mol. The van der Waals surface area contributed by atoms with Crippen LogP contribution in [0.4, 0.5) is 0 Å². The molecule has 0 aromatic carbocycles. The number of rotatable bonds is 6. The smallest absolute Gasteiger partial charge is 0.0931 e. The Bertz CT molecular complexity index is 383. The molecule has 1 aromatic heterocycles. The van der Waals surface area contributed by atoms with Gasteiger partial charge in [-0.25, -0.2) is 0 Å². The lowest BCUT2D eigenvalue weighted by molar-refractivity contribution is 0.163. The molecule has 1 atom stereocenters. The van der Waals surface area contributed by atoms with Crippen molar-refractivity contribution >= 4 is 22.9 Å². The second kappa shape index (κ2) is 6.97. The first-order chi connectivity index (χ1) is 8.10. The fraction of sp³-hybridized carbons (Fsp3) is 0.583. The number of nitriles is 1. The Hall–Kier alpha value is -0.600. The van der Waals surface area contributed by atoms with Gasteiger partial charge in [0.15, 0.2) is 0 Å². The summed E-state index contributed by atoms with van der Waals surface area (Å²) < 4.78 is 0.780. The highest BCUT2D eigenvalue weighted by atomic mass is 35.5. The van der Waals surface area contributed by atoms with Crippen molar-refractivity contribution in [2.24, 2.45) is 5.73 Å².